The summed E-state index contributed by atoms with van der Waals surface area (Å²) in [5.41, 5.74) is 3.79. The zero-order valence-corrected chi connectivity index (χ0v) is 12.8. The summed E-state index contributed by atoms with van der Waals surface area (Å²) in [7, 11) is 0. The van der Waals surface area contributed by atoms with Crippen LogP contribution in [-0.4, -0.2) is 14.5 Å². The zero-order chi connectivity index (χ0) is 15.1. The Kier molecular flexibility index (Phi) is 3.41. The molecule has 3 aromatic rings. The van der Waals surface area contributed by atoms with Crippen molar-refractivity contribution in [2.24, 2.45) is 0 Å². The van der Waals surface area contributed by atoms with Crippen LogP contribution in [0.2, 0.25) is 0 Å². The summed E-state index contributed by atoms with van der Waals surface area (Å²) < 4.78 is 15.7. The van der Waals surface area contributed by atoms with Gasteiger partial charge in [-0.15, -0.1) is 11.6 Å². The fourth-order valence-electron chi connectivity index (χ4n) is 2.45. The van der Waals surface area contributed by atoms with Crippen LogP contribution in [0, 0.1) is 19.7 Å². The number of aryl methyl sites for hydroxylation is 1. The molecule has 108 valence electrons. The summed E-state index contributed by atoms with van der Waals surface area (Å²) in [6, 6.07) is 6.88. The van der Waals surface area contributed by atoms with Gasteiger partial charge in [0.05, 0.1) is 11.1 Å². The van der Waals surface area contributed by atoms with E-state index in [2.05, 4.69) is 9.97 Å². The molecule has 0 bridgehead atoms. The van der Waals surface area contributed by atoms with E-state index in [0.717, 1.165) is 16.8 Å². The van der Waals surface area contributed by atoms with Gasteiger partial charge in [0.25, 0.3) is 0 Å². The molecular formula is C16H15ClFN3. The minimum absolute atomic E-state index is 0.254. The maximum atomic E-state index is 13.9. The molecule has 0 amide bonds. The Labute approximate surface area is 127 Å². The Balaban J connectivity index is 2.43. The first-order valence-corrected chi connectivity index (χ1v) is 7.18. The van der Waals surface area contributed by atoms with Crippen LogP contribution in [0.1, 0.15) is 29.3 Å². The van der Waals surface area contributed by atoms with Crippen LogP contribution < -0.4 is 0 Å². The van der Waals surface area contributed by atoms with E-state index < -0.39 is 0 Å². The van der Waals surface area contributed by atoms with Crippen molar-refractivity contribution in [2.45, 2.75) is 26.1 Å². The predicted molar refractivity (Wildman–Crippen MR) is 82.6 cm³/mol. The Morgan fingerprint density at radius 1 is 1.24 bits per heavy atom. The van der Waals surface area contributed by atoms with Crippen LogP contribution in [0.15, 0.2) is 30.5 Å². The molecule has 1 aromatic carbocycles. The normalized spacial score (nSPS) is 12.8. The lowest BCUT2D eigenvalue weighted by Gasteiger charge is -2.13. The highest BCUT2D eigenvalue weighted by Gasteiger charge is 2.20. The van der Waals surface area contributed by atoms with Gasteiger partial charge in [0.2, 0.25) is 0 Å². The van der Waals surface area contributed by atoms with E-state index in [0.29, 0.717) is 17.0 Å². The van der Waals surface area contributed by atoms with E-state index in [-0.39, 0.29) is 11.2 Å². The van der Waals surface area contributed by atoms with Crippen molar-refractivity contribution in [3.8, 4) is 5.69 Å². The van der Waals surface area contributed by atoms with Crippen LogP contribution in [-0.2, 0) is 0 Å². The fraction of sp³-hybridized carbons (Fsp3) is 0.250. The van der Waals surface area contributed by atoms with Gasteiger partial charge in [-0.1, -0.05) is 6.07 Å². The first kappa shape index (κ1) is 14.0. The molecule has 3 nitrogen and oxygen atoms in total. The van der Waals surface area contributed by atoms with E-state index in [1.165, 1.54) is 6.07 Å². The number of pyridine rings is 1. The van der Waals surface area contributed by atoms with Crippen molar-refractivity contribution in [1.29, 1.82) is 0 Å². The van der Waals surface area contributed by atoms with Gasteiger partial charge in [0.15, 0.2) is 5.65 Å². The van der Waals surface area contributed by atoms with Crippen molar-refractivity contribution >= 4 is 22.8 Å². The van der Waals surface area contributed by atoms with Gasteiger partial charge in [0.1, 0.15) is 17.2 Å². The van der Waals surface area contributed by atoms with E-state index >= 15 is 0 Å². The standard InChI is InChI=1S/C16H15ClFN3/c1-9-7-8-19-16-14(9)20-15(11(3)17)21(16)13-6-4-5-12(18)10(13)2/h4-8,11H,1-3H3. The Bertz CT molecular complexity index is 824. The summed E-state index contributed by atoms with van der Waals surface area (Å²) in [6.45, 7) is 5.57. The zero-order valence-electron chi connectivity index (χ0n) is 12.1. The minimum Gasteiger partial charge on any atom is -0.279 e. The Hall–Kier alpha value is -1.94. The number of halogens is 2. The molecule has 2 aromatic heterocycles. The lowest BCUT2D eigenvalue weighted by atomic mass is 10.2. The topological polar surface area (TPSA) is 30.7 Å². The summed E-state index contributed by atoms with van der Waals surface area (Å²) in [5, 5.41) is -0.304. The van der Waals surface area contributed by atoms with E-state index in [4.69, 9.17) is 11.6 Å². The number of benzene rings is 1. The van der Waals surface area contributed by atoms with Gasteiger partial charge in [-0.05, 0) is 44.5 Å². The largest absolute Gasteiger partial charge is 0.279 e. The Morgan fingerprint density at radius 2 is 2.00 bits per heavy atom. The summed E-state index contributed by atoms with van der Waals surface area (Å²) in [5.74, 6) is 0.414. The molecule has 0 N–H and O–H groups in total. The van der Waals surface area contributed by atoms with Crippen LogP contribution in [0.25, 0.3) is 16.9 Å². The van der Waals surface area contributed by atoms with Crippen LogP contribution >= 0.6 is 11.6 Å². The first-order valence-electron chi connectivity index (χ1n) is 6.74. The maximum Gasteiger partial charge on any atom is 0.164 e. The average molecular weight is 304 g/mol. The predicted octanol–water partition coefficient (Wildman–Crippen LogP) is 4.48. The molecule has 1 unspecified atom stereocenters. The third-order valence-corrected chi connectivity index (χ3v) is 3.80. The monoisotopic (exact) mass is 303 g/mol. The number of hydrogen-bond donors (Lipinski definition) is 0. The van der Waals surface area contributed by atoms with Gasteiger partial charge < -0.3 is 0 Å². The van der Waals surface area contributed by atoms with E-state index in [9.17, 15) is 4.39 Å². The maximum absolute atomic E-state index is 13.9. The molecule has 0 radical (unpaired) electrons. The summed E-state index contributed by atoms with van der Waals surface area (Å²) in [4.78, 5) is 9.02. The number of imidazole rings is 1. The molecule has 0 aliphatic carbocycles. The second kappa shape index (κ2) is 5.11. The second-order valence-electron chi connectivity index (χ2n) is 5.11. The average Bonchev–Trinajstić information content (AvgIpc) is 2.83. The van der Waals surface area contributed by atoms with Gasteiger partial charge in [-0.2, -0.15) is 0 Å². The van der Waals surface area contributed by atoms with Crippen molar-refractivity contribution in [2.75, 3.05) is 0 Å². The van der Waals surface area contributed by atoms with Crippen molar-refractivity contribution in [3.05, 3.63) is 53.2 Å². The van der Waals surface area contributed by atoms with Gasteiger partial charge in [-0.3, -0.25) is 4.57 Å². The lowest BCUT2D eigenvalue weighted by Crippen LogP contribution is -2.05. The Morgan fingerprint density at radius 3 is 2.71 bits per heavy atom. The molecule has 1 atom stereocenters. The number of fused-ring (bicyclic) bond motifs is 1. The first-order chi connectivity index (χ1) is 10.0. The minimum atomic E-state index is -0.304. The van der Waals surface area contributed by atoms with Crippen molar-refractivity contribution in [1.82, 2.24) is 14.5 Å². The summed E-state index contributed by atoms with van der Waals surface area (Å²) >= 11 is 6.27. The third kappa shape index (κ3) is 2.20. The fourth-order valence-corrected chi connectivity index (χ4v) is 2.60. The number of aromatic nitrogens is 3. The van der Waals surface area contributed by atoms with Crippen LogP contribution in [0.3, 0.4) is 0 Å². The molecule has 0 aliphatic rings. The highest BCUT2D eigenvalue weighted by atomic mass is 35.5. The SMILES string of the molecule is Cc1c(F)cccc1-n1c(C(C)Cl)nc2c(C)ccnc21. The molecule has 0 aliphatic heterocycles. The molecule has 5 heteroatoms. The van der Waals surface area contributed by atoms with Crippen LogP contribution in [0.4, 0.5) is 4.39 Å². The molecule has 0 spiro atoms. The molecule has 0 fully saturated rings. The molecule has 3 rings (SSSR count). The highest BCUT2D eigenvalue weighted by Crippen LogP contribution is 2.30. The molecular weight excluding hydrogens is 289 g/mol. The number of rotatable bonds is 2. The van der Waals surface area contributed by atoms with Crippen LogP contribution in [0.5, 0.6) is 0 Å². The van der Waals surface area contributed by atoms with Crippen molar-refractivity contribution in [3.63, 3.8) is 0 Å². The van der Waals surface area contributed by atoms with Gasteiger partial charge in [-0.25, -0.2) is 14.4 Å². The number of nitrogens with zero attached hydrogens (tertiary/aromatic N) is 3. The van der Waals surface area contributed by atoms with Gasteiger partial charge in [0, 0.05) is 11.8 Å². The quantitative estimate of drug-likeness (QED) is 0.654. The van der Waals surface area contributed by atoms with E-state index in [1.54, 1.807) is 19.2 Å². The highest BCUT2D eigenvalue weighted by molar-refractivity contribution is 6.20. The lowest BCUT2D eigenvalue weighted by molar-refractivity contribution is 0.616. The number of hydrogen-bond acceptors (Lipinski definition) is 2. The van der Waals surface area contributed by atoms with Crippen molar-refractivity contribution < 1.29 is 4.39 Å². The second-order valence-corrected chi connectivity index (χ2v) is 5.76. The third-order valence-electron chi connectivity index (χ3n) is 3.61. The summed E-state index contributed by atoms with van der Waals surface area (Å²) in [6.07, 6.45) is 1.73. The molecule has 0 saturated heterocycles. The molecule has 0 saturated carbocycles. The molecule has 2 heterocycles. The molecule has 21 heavy (non-hydrogen) atoms. The number of alkyl halides is 1. The smallest absolute Gasteiger partial charge is 0.164 e. The van der Waals surface area contributed by atoms with Gasteiger partial charge >= 0.3 is 0 Å². The van der Waals surface area contributed by atoms with E-state index in [1.807, 2.05) is 30.5 Å².